The van der Waals surface area contributed by atoms with Gasteiger partial charge in [0.05, 0.1) is 6.42 Å². The fourth-order valence-electron chi connectivity index (χ4n) is 2.12. The molecule has 1 aliphatic rings. The van der Waals surface area contributed by atoms with Gasteiger partial charge in [-0.25, -0.2) is 0 Å². The van der Waals surface area contributed by atoms with Gasteiger partial charge in [0.2, 0.25) is 13.6 Å². The molecule has 8 nitrogen and oxygen atoms in total. The topological polar surface area (TPSA) is 123 Å². The van der Waals surface area contributed by atoms with E-state index in [4.69, 9.17) is 30.4 Å². The summed E-state index contributed by atoms with van der Waals surface area (Å²) in [6, 6.07) is 3.94. The summed E-state index contributed by atoms with van der Waals surface area (Å²) in [5.41, 5.74) is 12.4. The van der Waals surface area contributed by atoms with Crippen molar-refractivity contribution in [3.63, 3.8) is 0 Å². The van der Waals surface area contributed by atoms with Crippen molar-refractivity contribution < 1.29 is 28.5 Å². The van der Waals surface area contributed by atoms with Gasteiger partial charge in [-0.1, -0.05) is 6.07 Å². The molecule has 0 aliphatic carbocycles. The number of carbonyl (C=O) groups is 2. The highest BCUT2D eigenvalue weighted by Crippen LogP contribution is 2.34. The molecule has 1 heterocycles. The first-order valence-corrected chi connectivity index (χ1v) is 9.12. The molecular weight excluding hydrogens is 348 g/mol. The Morgan fingerprint density at radius 3 is 2.76 bits per heavy atom. The van der Waals surface area contributed by atoms with E-state index in [0.29, 0.717) is 17.9 Å². The molecule has 1 aromatic carbocycles. The Labute approximate surface area is 150 Å². The number of carbonyl (C=O) groups excluding carboxylic acids is 2. The van der Waals surface area contributed by atoms with Crippen LogP contribution in [0.4, 0.5) is 0 Å². The van der Waals surface area contributed by atoms with Crippen molar-refractivity contribution in [1.29, 1.82) is 0 Å². The van der Waals surface area contributed by atoms with Crippen LogP contribution < -0.4 is 20.9 Å². The van der Waals surface area contributed by atoms with Crippen LogP contribution in [0.1, 0.15) is 24.4 Å². The lowest BCUT2D eigenvalue weighted by Gasteiger charge is -2.13. The van der Waals surface area contributed by atoms with Crippen LogP contribution in [0.3, 0.4) is 0 Å². The molecule has 2 unspecified atom stereocenters. The molecule has 0 saturated heterocycles. The number of rotatable bonds is 9. The molecule has 4 N–H and O–H groups in total. The maximum Gasteiger partial charge on any atom is 0.325 e. The highest BCUT2D eigenvalue weighted by Gasteiger charge is 2.19. The monoisotopic (exact) mass is 370 g/mol. The molecule has 0 fully saturated rings. The third kappa shape index (κ3) is 5.80. The Hall–Kier alpha value is -1.97. The number of nitrogens with two attached hydrogens (primary N) is 2. The fourth-order valence-corrected chi connectivity index (χ4v) is 2.61. The number of fused-ring (bicyclic) bond motifs is 1. The number of benzene rings is 1. The molecule has 2 rings (SSSR count). The van der Waals surface area contributed by atoms with Gasteiger partial charge in [0.1, 0.15) is 6.04 Å². The first kappa shape index (κ1) is 19.4. The van der Waals surface area contributed by atoms with Crippen molar-refractivity contribution >= 4 is 23.7 Å². The molecular formula is C16H22N2O6S. The smallest absolute Gasteiger partial charge is 0.325 e. The van der Waals surface area contributed by atoms with Crippen LogP contribution in [-0.4, -0.2) is 43.6 Å². The van der Waals surface area contributed by atoms with Crippen LogP contribution in [0.5, 0.6) is 11.5 Å². The van der Waals surface area contributed by atoms with Crippen LogP contribution in [0.15, 0.2) is 18.2 Å². The van der Waals surface area contributed by atoms with E-state index in [1.165, 1.54) is 0 Å². The molecule has 2 atom stereocenters. The predicted molar refractivity (Wildman–Crippen MR) is 92.1 cm³/mol. The van der Waals surface area contributed by atoms with Crippen LogP contribution in [-0.2, 0) is 19.1 Å². The zero-order valence-electron chi connectivity index (χ0n) is 13.9. The zero-order valence-corrected chi connectivity index (χ0v) is 14.8. The van der Waals surface area contributed by atoms with E-state index in [0.717, 1.165) is 11.3 Å². The van der Waals surface area contributed by atoms with E-state index in [9.17, 15) is 9.59 Å². The molecule has 1 aromatic rings. The lowest BCUT2D eigenvalue weighted by atomic mass is 10.0. The van der Waals surface area contributed by atoms with E-state index >= 15 is 0 Å². The summed E-state index contributed by atoms with van der Waals surface area (Å²) in [7, 11) is 0. The van der Waals surface area contributed by atoms with Crippen LogP contribution >= 0.6 is 11.8 Å². The van der Waals surface area contributed by atoms with Crippen molar-refractivity contribution in [2.75, 3.05) is 25.6 Å². The molecule has 0 amide bonds. The Balaban J connectivity index is 1.72. The Bertz CT molecular complexity index is 612. The Morgan fingerprint density at radius 1 is 1.24 bits per heavy atom. The minimum absolute atomic E-state index is 0.0598. The van der Waals surface area contributed by atoms with E-state index in [-0.39, 0.29) is 13.2 Å². The second-order valence-corrected chi connectivity index (χ2v) is 6.39. The minimum Gasteiger partial charge on any atom is -0.454 e. The number of esters is 2. The largest absolute Gasteiger partial charge is 0.454 e. The van der Waals surface area contributed by atoms with Gasteiger partial charge in [0.15, 0.2) is 11.5 Å². The van der Waals surface area contributed by atoms with Gasteiger partial charge < -0.3 is 30.4 Å². The lowest BCUT2D eigenvalue weighted by Crippen LogP contribution is -2.33. The van der Waals surface area contributed by atoms with E-state index in [2.05, 4.69) is 0 Å². The first-order valence-electron chi connectivity index (χ1n) is 7.73. The van der Waals surface area contributed by atoms with Gasteiger partial charge in [-0.2, -0.15) is 11.8 Å². The second kappa shape index (κ2) is 9.50. The maximum absolute atomic E-state index is 11.8. The van der Waals surface area contributed by atoms with Crippen LogP contribution in [0.2, 0.25) is 0 Å². The number of hydrogen-bond donors (Lipinski definition) is 2. The lowest BCUT2D eigenvalue weighted by molar-refractivity contribution is -0.168. The summed E-state index contributed by atoms with van der Waals surface area (Å²) < 4.78 is 20.2. The van der Waals surface area contributed by atoms with Gasteiger partial charge >= 0.3 is 11.9 Å². The normalized spacial score (nSPS) is 14.7. The highest BCUT2D eigenvalue weighted by atomic mass is 32.2. The summed E-state index contributed by atoms with van der Waals surface area (Å²) >= 11 is 1.58. The molecule has 0 radical (unpaired) electrons. The Morgan fingerprint density at radius 2 is 2.00 bits per heavy atom. The van der Waals surface area contributed by atoms with Crippen molar-refractivity contribution in [3.8, 4) is 11.5 Å². The van der Waals surface area contributed by atoms with Gasteiger partial charge in [0.25, 0.3) is 0 Å². The third-order valence-corrected chi connectivity index (χ3v) is 4.21. The van der Waals surface area contributed by atoms with Gasteiger partial charge in [-0.15, -0.1) is 0 Å². The molecule has 0 saturated carbocycles. The quantitative estimate of drug-likeness (QED) is 0.482. The van der Waals surface area contributed by atoms with Crippen molar-refractivity contribution in [3.05, 3.63) is 23.8 Å². The van der Waals surface area contributed by atoms with E-state index in [1.54, 1.807) is 30.0 Å². The average molecular weight is 370 g/mol. The fraction of sp³-hybridized carbons (Fsp3) is 0.500. The summed E-state index contributed by atoms with van der Waals surface area (Å²) in [5.74, 6) is 0.816. The van der Waals surface area contributed by atoms with Gasteiger partial charge in [-0.05, 0) is 36.1 Å². The zero-order chi connectivity index (χ0) is 18.2. The molecule has 0 spiro atoms. The molecule has 25 heavy (non-hydrogen) atoms. The van der Waals surface area contributed by atoms with Crippen molar-refractivity contribution in [1.82, 2.24) is 0 Å². The summed E-state index contributed by atoms with van der Waals surface area (Å²) in [6.07, 6.45) is 2.36. The first-order chi connectivity index (χ1) is 12.0. The van der Waals surface area contributed by atoms with Crippen LogP contribution in [0, 0.1) is 0 Å². The van der Waals surface area contributed by atoms with Gasteiger partial charge in [0, 0.05) is 6.04 Å². The molecule has 138 valence electrons. The van der Waals surface area contributed by atoms with E-state index in [1.807, 2.05) is 6.26 Å². The second-order valence-electron chi connectivity index (χ2n) is 5.41. The predicted octanol–water partition coefficient (Wildman–Crippen LogP) is 0.929. The van der Waals surface area contributed by atoms with Crippen molar-refractivity contribution in [2.45, 2.75) is 24.9 Å². The highest BCUT2D eigenvalue weighted by molar-refractivity contribution is 7.98. The minimum atomic E-state index is -0.720. The number of thioether (sulfide) groups is 1. The summed E-state index contributed by atoms with van der Waals surface area (Å²) in [5, 5.41) is 0. The van der Waals surface area contributed by atoms with Gasteiger partial charge in [-0.3, -0.25) is 9.59 Å². The maximum atomic E-state index is 11.8. The Kier molecular flexibility index (Phi) is 7.35. The average Bonchev–Trinajstić information content (AvgIpc) is 3.06. The summed E-state index contributed by atoms with van der Waals surface area (Å²) in [4.78, 5) is 23.4. The molecule has 9 heteroatoms. The summed E-state index contributed by atoms with van der Waals surface area (Å²) in [6.45, 7) is -0.307. The number of ether oxygens (including phenoxy) is 4. The molecule has 0 aromatic heterocycles. The molecule has 1 aliphatic heterocycles. The van der Waals surface area contributed by atoms with E-state index < -0.39 is 30.8 Å². The number of hydrogen-bond acceptors (Lipinski definition) is 9. The standard InChI is InChI=1S/C16H22N2O6S/c1-25-5-4-11(17)16(20)24-9-23-15(19)7-12(18)10-2-3-13-14(6-10)22-8-21-13/h2-3,6,11-12H,4-5,7-9,17-18H2,1H3. The third-order valence-electron chi connectivity index (χ3n) is 3.57. The SMILES string of the molecule is CSCCC(N)C(=O)OCOC(=O)CC(N)c1ccc2c(c1)OCO2. The van der Waals surface area contributed by atoms with Crippen LogP contribution in [0.25, 0.3) is 0 Å². The van der Waals surface area contributed by atoms with Crippen molar-refractivity contribution in [2.24, 2.45) is 11.5 Å². The molecule has 0 bridgehead atoms.